The molecular weight excluding hydrogens is 189 g/mol. The van der Waals surface area contributed by atoms with Gasteiger partial charge < -0.3 is 0 Å². The molecule has 1 fully saturated rings. The maximum atomic E-state index is 12.9. The molecule has 1 nitrogen and oxygen atoms in total. The average molecular weight is 205 g/mol. The summed E-state index contributed by atoms with van der Waals surface area (Å²) in [7, 11) is 0. The molecule has 0 saturated carbocycles. The van der Waals surface area contributed by atoms with Gasteiger partial charge in [-0.05, 0) is 17.5 Å². The number of halogens is 1. The third-order valence-corrected chi connectivity index (χ3v) is 2.84. The lowest BCUT2D eigenvalue weighted by Crippen LogP contribution is -2.20. The SMILES string of the molecule is C=Cc1ccc(CN2CC[C@@H](F)C2)cc1. The predicted molar refractivity (Wildman–Crippen MR) is 61.3 cm³/mol. The Balaban J connectivity index is 1.96. The summed E-state index contributed by atoms with van der Waals surface area (Å²) in [6.45, 7) is 6.04. The Hall–Kier alpha value is -1.15. The van der Waals surface area contributed by atoms with E-state index < -0.39 is 6.17 Å². The van der Waals surface area contributed by atoms with Gasteiger partial charge in [0.1, 0.15) is 6.17 Å². The van der Waals surface area contributed by atoms with Gasteiger partial charge in [0, 0.05) is 19.6 Å². The monoisotopic (exact) mass is 205 g/mol. The molecule has 1 aromatic carbocycles. The van der Waals surface area contributed by atoms with E-state index in [1.807, 2.05) is 18.2 Å². The van der Waals surface area contributed by atoms with Crippen LogP contribution in [0.5, 0.6) is 0 Å². The fourth-order valence-corrected chi connectivity index (χ4v) is 1.95. The van der Waals surface area contributed by atoms with Crippen molar-refractivity contribution < 1.29 is 4.39 Å². The second-order valence-corrected chi connectivity index (χ2v) is 4.07. The Morgan fingerprint density at radius 3 is 2.67 bits per heavy atom. The second kappa shape index (κ2) is 4.58. The van der Waals surface area contributed by atoms with Crippen LogP contribution in [0.3, 0.4) is 0 Å². The minimum Gasteiger partial charge on any atom is -0.296 e. The van der Waals surface area contributed by atoms with E-state index >= 15 is 0 Å². The molecule has 0 amide bonds. The van der Waals surface area contributed by atoms with E-state index in [0.717, 1.165) is 18.7 Å². The van der Waals surface area contributed by atoms with Crippen molar-refractivity contribution in [3.63, 3.8) is 0 Å². The van der Waals surface area contributed by atoms with Crippen LogP contribution in [0, 0.1) is 0 Å². The Kier molecular flexibility index (Phi) is 3.17. The van der Waals surface area contributed by atoms with Gasteiger partial charge in [-0.2, -0.15) is 0 Å². The molecule has 0 aromatic heterocycles. The summed E-state index contributed by atoms with van der Waals surface area (Å²) in [5, 5.41) is 0. The number of hydrogen-bond donors (Lipinski definition) is 0. The molecule has 2 rings (SSSR count). The molecule has 2 heteroatoms. The van der Waals surface area contributed by atoms with Gasteiger partial charge >= 0.3 is 0 Å². The van der Waals surface area contributed by atoms with Crippen LogP contribution in [0.1, 0.15) is 17.5 Å². The quantitative estimate of drug-likeness (QED) is 0.733. The first-order valence-corrected chi connectivity index (χ1v) is 5.36. The van der Waals surface area contributed by atoms with Gasteiger partial charge in [-0.25, -0.2) is 4.39 Å². The van der Waals surface area contributed by atoms with Crippen LogP contribution in [0.15, 0.2) is 30.8 Å². The first-order chi connectivity index (χ1) is 7.28. The molecule has 0 spiro atoms. The summed E-state index contributed by atoms with van der Waals surface area (Å²) in [4.78, 5) is 2.16. The topological polar surface area (TPSA) is 3.24 Å². The van der Waals surface area contributed by atoms with Crippen LogP contribution < -0.4 is 0 Å². The van der Waals surface area contributed by atoms with Crippen LogP contribution in [0.4, 0.5) is 4.39 Å². The van der Waals surface area contributed by atoms with Crippen molar-refractivity contribution in [2.45, 2.75) is 19.1 Å². The lowest BCUT2D eigenvalue weighted by atomic mass is 10.1. The first kappa shape index (κ1) is 10.4. The van der Waals surface area contributed by atoms with Gasteiger partial charge in [0.2, 0.25) is 0 Å². The van der Waals surface area contributed by atoms with Crippen LogP contribution in [-0.4, -0.2) is 24.2 Å². The van der Waals surface area contributed by atoms with E-state index in [4.69, 9.17) is 0 Å². The van der Waals surface area contributed by atoms with Gasteiger partial charge in [0.05, 0.1) is 0 Å². The maximum absolute atomic E-state index is 12.9. The zero-order valence-corrected chi connectivity index (χ0v) is 8.82. The van der Waals surface area contributed by atoms with Gasteiger partial charge in [-0.1, -0.05) is 36.9 Å². The summed E-state index contributed by atoms with van der Waals surface area (Å²) in [6, 6.07) is 8.27. The highest BCUT2D eigenvalue weighted by atomic mass is 19.1. The Morgan fingerprint density at radius 1 is 1.40 bits per heavy atom. The molecule has 0 radical (unpaired) electrons. The fraction of sp³-hybridized carbons (Fsp3) is 0.385. The third-order valence-electron chi connectivity index (χ3n) is 2.84. The smallest absolute Gasteiger partial charge is 0.114 e. The van der Waals surface area contributed by atoms with Crippen LogP contribution in [0.25, 0.3) is 6.08 Å². The zero-order valence-electron chi connectivity index (χ0n) is 8.82. The largest absolute Gasteiger partial charge is 0.296 e. The van der Waals surface area contributed by atoms with E-state index in [-0.39, 0.29) is 0 Å². The molecule has 80 valence electrons. The Labute approximate surface area is 90.2 Å². The molecule has 1 heterocycles. The van der Waals surface area contributed by atoms with Gasteiger partial charge in [0.25, 0.3) is 0 Å². The normalized spacial score (nSPS) is 21.8. The molecule has 1 aliphatic heterocycles. The third kappa shape index (κ3) is 2.66. The maximum Gasteiger partial charge on any atom is 0.114 e. The number of nitrogens with zero attached hydrogens (tertiary/aromatic N) is 1. The van der Waals surface area contributed by atoms with Crippen molar-refractivity contribution in [3.8, 4) is 0 Å². The van der Waals surface area contributed by atoms with Crippen molar-refractivity contribution in [3.05, 3.63) is 42.0 Å². The molecule has 1 aromatic rings. The first-order valence-electron chi connectivity index (χ1n) is 5.36. The molecule has 1 atom stereocenters. The van der Waals surface area contributed by atoms with Crippen molar-refractivity contribution >= 4 is 6.08 Å². The van der Waals surface area contributed by atoms with E-state index in [2.05, 4.69) is 23.6 Å². The molecule has 0 N–H and O–H groups in total. The second-order valence-electron chi connectivity index (χ2n) is 4.07. The lowest BCUT2D eigenvalue weighted by molar-refractivity contribution is 0.282. The van der Waals surface area contributed by atoms with E-state index in [9.17, 15) is 4.39 Å². The number of likely N-dealkylation sites (tertiary alicyclic amines) is 1. The van der Waals surface area contributed by atoms with Gasteiger partial charge in [-0.3, -0.25) is 4.90 Å². The minimum absolute atomic E-state index is 0.587. The summed E-state index contributed by atoms with van der Waals surface area (Å²) < 4.78 is 12.9. The highest BCUT2D eigenvalue weighted by molar-refractivity contribution is 5.47. The van der Waals surface area contributed by atoms with Crippen LogP contribution in [0.2, 0.25) is 0 Å². The van der Waals surface area contributed by atoms with Crippen LogP contribution >= 0.6 is 0 Å². The molecule has 1 aliphatic rings. The Morgan fingerprint density at radius 2 is 2.13 bits per heavy atom. The summed E-state index contributed by atoms with van der Waals surface area (Å²) >= 11 is 0. The highest BCUT2D eigenvalue weighted by Crippen LogP contribution is 2.16. The van der Waals surface area contributed by atoms with Gasteiger partial charge in [-0.15, -0.1) is 0 Å². The lowest BCUT2D eigenvalue weighted by Gasteiger charge is -2.14. The summed E-state index contributed by atoms with van der Waals surface area (Å²) in [5.41, 5.74) is 2.37. The number of alkyl halides is 1. The van der Waals surface area contributed by atoms with Crippen molar-refractivity contribution in [2.24, 2.45) is 0 Å². The predicted octanol–water partition coefficient (Wildman–Crippen LogP) is 2.87. The number of rotatable bonds is 3. The van der Waals surface area contributed by atoms with Crippen molar-refractivity contribution in [2.75, 3.05) is 13.1 Å². The zero-order chi connectivity index (χ0) is 10.7. The van der Waals surface area contributed by atoms with Gasteiger partial charge in [0.15, 0.2) is 0 Å². The van der Waals surface area contributed by atoms with Crippen molar-refractivity contribution in [1.82, 2.24) is 4.90 Å². The standard InChI is InChI=1S/C13H16FN/c1-2-11-3-5-12(6-4-11)9-15-8-7-13(14)10-15/h2-6,13H,1,7-10H2/t13-/m1/s1. The fourth-order valence-electron chi connectivity index (χ4n) is 1.95. The average Bonchev–Trinajstić information content (AvgIpc) is 2.65. The van der Waals surface area contributed by atoms with E-state index in [1.54, 1.807) is 0 Å². The number of benzene rings is 1. The minimum atomic E-state index is -0.627. The Bertz CT molecular complexity index is 331. The number of hydrogen-bond acceptors (Lipinski definition) is 1. The molecule has 0 unspecified atom stereocenters. The molecule has 0 aliphatic carbocycles. The van der Waals surface area contributed by atoms with Crippen molar-refractivity contribution in [1.29, 1.82) is 0 Å². The highest BCUT2D eigenvalue weighted by Gasteiger charge is 2.21. The van der Waals surface area contributed by atoms with E-state index in [0.29, 0.717) is 13.0 Å². The molecular formula is C13H16FN. The molecule has 1 saturated heterocycles. The van der Waals surface area contributed by atoms with E-state index in [1.165, 1.54) is 5.56 Å². The van der Waals surface area contributed by atoms with Crippen LogP contribution in [-0.2, 0) is 6.54 Å². The molecule has 15 heavy (non-hydrogen) atoms. The molecule has 0 bridgehead atoms. The summed E-state index contributed by atoms with van der Waals surface area (Å²) in [6.07, 6.45) is 1.89. The summed E-state index contributed by atoms with van der Waals surface area (Å²) in [5.74, 6) is 0.